The molecule has 1 nitrogen and oxygen atoms in total. The molecule has 1 rings (SSSR count). The number of aldehydes is 1. The van der Waals surface area contributed by atoms with E-state index < -0.39 is 0 Å². The lowest BCUT2D eigenvalue weighted by Gasteiger charge is -2.36. The Morgan fingerprint density at radius 3 is 2.40 bits per heavy atom. The zero-order valence-corrected chi connectivity index (χ0v) is 10.2. The van der Waals surface area contributed by atoms with E-state index in [2.05, 4.69) is 19.9 Å². The van der Waals surface area contributed by atoms with Crippen LogP contribution in [0.2, 0.25) is 0 Å². The quantitative estimate of drug-likeness (QED) is 0.487. The smallest absolute Gasteiger partial charge is 0.120 e. The van der Waals surface area contributed by atoms with E-state index in [1.165, 1.54) is 44.1 Å². The van der Waals surface area contributed by atoms with E-state index in [4.69, 9.17) is 0 Å². The predicted octanol–water partition coefficient (Wildman–Crippen LogP) is 4.27. The van der Waals surface area contributed by atoms with Crippen LogP contribution in [0, 0.1) is 5.41 Å². The first kappa shape index (κ1) is 12.5. The first-order chi connectivity index (χ1) is 7.18. The molecule has 0 aromatic rings. The average molecular weight is 208 g/mol. The van der Waals surface area contributed by atoms with Gasteiger partial charge < -0.3 is 4.79 Å². The first-order valence-corrected chi connectivity index (χ1v) is 6.26. The van der Waals surface area contributed by atoms with E-state index in [-0.39, 0.29) is 0 Å². The van der Waals surface area contributed by atoms with Crippen molar-refractivity contribution in [2.45, 2.75) is 65.2 Å². The normalized spacial score (nSPS) is 19.6. The maximum Gasteiger partial charge on any atom is 0.120 e. The van der Waals surface area contributed by atoms with Gasteiger partial charge in [0, 0.05) is 6.42 Å². The topological polar surface area (TPSA) is 17.1 Å². The number of hydrogen-bond donors (Lipinski definition) is 0. The summed E-state index contributed by atoms with van der Waals surface area (Å²) in [6, 6.07) is 0. The minimum absolute atomic E-state index is 0.455. The lowest BCUT2D eigenvalue weighted by Crippen LogP contribution is -2.23. The zero-order valence-electron chi connectivity index (χ0n) is 10.2. The monoisotopic (exact) mass is 208 g/mol. The van der Waals surface area contributed by atoms with Gasteiger partial charge in [0.05, 0.1) is 0 Å². The Bertz CT molecular complexity index is 217. The van der Waals surface area contributed by atoms with Crippen LogP contribution in [0.3, 0.4) is 0 Å². The summed E-state index contributed by atoms with van der Waals surface area (Å²) in [5.74, 6) is 0. The van der Waals surface area contributed by atoms with Crippen molar-refractivity contribution in [2.24, 2.45) is 5.41 Å². The Balaban J connectivity index is 2.57. The van der Waals surface area contributed by atoms with E-state index in [1.54, 1.807) is 0 Å². The fourth-order valence-electron chi connectivity index (χ4n) is 2.64. The van der Waals surface area contributed by atoms with Crippen molar-refractivity contribution in [1.82, 2.24) is 0 Å². The molecular formula is C14H24O. The van der Waals surface area contributed by atoms with Gasteiger partial charge in [0.1, 0.15) is 6.29 Å². The third-order valence-corrected chi connectivity index (χ3v) is 3.65. The number of carbonyl (C=O) groups is 1. The largest absolute Gasteiger partial charge is 0.303 e. The maximum atomic E-state index is 10.5. The van der Waals surface area contributed by atoms with Gasteiger partial charge in [-0.2, -0.15) is 0 Å². The molecule has 0 aromatic heterocycles. The molecule has 0 heterocycles. The summed E-state index contributed by atoms with van der Waals surface area (Å²) in [4.78, 5) is 10.5. The molecule has 0 N–H and O–H groups in total. The molecule has 86 valence electrons. The van der Waals surface area contributed by atoms with Gasteiger partial charge in [-0.1, -0.05) is 30.9 Å². The Morgan fingerprint density at radius 1 is 1.20 bits per heavy atom. The summed E-state index contributed by atoms with van der Waals surface area (Å²) in [6.45, 7) is 4.33. The molecule has 0 bridgehead atoms. The summed E-state index contributed by atoms with van der Waals surface area (Å²) < 4.78 is 0. The molecule has 0 unspecified atom stereocenters. The van der Waals surface area contributed by atoms with Crippen molar-refractivity contribution in [3.05, 3.63) is 11.6 Å². The highest BCUT2D eigenvalue weighted by Gasteiger charge is 2.30. The van der Waals surface area contributed by atoms with Crippen molar-refractivity contribution >= 4 is 6.29 Å². The Hall–Kier alpha value is -0.590. The highest BCUT2D eigenvalue weighted by Crippen LogP contribution is 2.43. The predicted molar refractivity (Wildman–Crippen MR) is 64.9 cm³/mol. The minimum atomic E-state index is 0.455. The van der Waals surface area contributed by atoms with Crippen molar-refractivity contribution in [3.8, 4) is 0 Å². The number of allylic oxidation sites excluding steroid dienone is 2. The van der Waals surface area contributed by atoms with E-state index in [1.807, 2.05) is 0 Å². The second-order valence-corrected chi connectivity index (χ2v) is 5.25. The molecule has 0 radical (unpaired) electrons. The van der Waals surface area contributed by atoms with Gasteiger partial charge in [-0.05, 0) is 44.9 Å². The van der Waals surface area contributed by atoms with Crippen LogP contribution < -0.4 is 0 Å². The second kappa shape index (κ2) is 6.09. The highest BCUT2D eigenvalue weighted by atomic mass is 16.1. The fourth-order valence-corrected chi connectivity index (χ4v) is 2.64. The molecule has 0 amide bonds. The van der Waals surface area contributed by atoms with Gasteiger partial charge in [-0.15, -0.1) is 0 Å². The van der Waals surface area contributed by atoms with Crippen molar-refractivity contribution in [3.63, 3.8) is 0 Å². The summed E-state index contributed by atoms with van der Waals surface area (Å²) in [5, 5.41) is 0. The third kappa shape index (κ3) is 4.19. The van der Waals surface area contributed by atoms with Gasteiger partial charge in [0.25, 0.3) is 0 Å². The molecule has 0 atom stereocenters. The highest BCUT2D eigenvalue weighted by molar-refractivity contribution is 5.49. The van der Waals surface area contributed by atoms with Gasteiger partial charge in [0.2, 0.25) is 0 Å². The molecule has 0 aromatic carbocycles. The summed E-state index contributed by atoms with van der Waals surface area (Å²) >= 11 is 0. The molecule has 1 fully saturated rings. The standard InChI is InChI=1S/C14H24O/c1-13(2)7-11-14(10-6-12-15)8-4-3-5-9-14/h7,12H,3-6,8-11H2,1-2H3. The van der Waals surface area contributed by atoms with Crippen molar-refractivity contribution in [1.29, 1.82) is 0 Å². The van der Waals surface area contributed by atoms with Gasteiger partial charge >= 0.3 is 0 Å². The average Bonchev–Trinajstić information content (AvgIpc) is 2.25. The Morgan fingerprint density at radius 2 is 1.87 bits per heavy atom. The van der Waals surface area contributed by atoms with E-state index in [0.29, 0.717) is 5.41 Å². The van der Waals surface area contributed by atoms with Gasteiger partial charge in [-0.25, -0.2) is 0 Å². The first-order valence-electron chi connectivity index (χ1n) is 6.26. The lowest BCUT2D eigenvalue weighted by molar-refractivity contribution is -0.108. The molecule has 1 heteroatoms. The molecule has 0 spiro atoms. The Labute approximate surface area is 93.9 Å². The number of hydrogen-bond acceptors (Lipinski definition) is 1. The molecule has 0 aliphatic heterocycles. The zero-order chi connectivity index (χ0) is 11.1. The lowest BCUT2D eigenvalue weighted by atomic mass is 9.69. The minimum Gasteiger partial charge on any atom is -0.303 e. The summed E-state index contributed by atoms with van der Waals surface area (Å²) in [5.41, 5.74) is 1.86. The van der Waals surface area contributed by atoms with E-state index >= 15 is 0 Å². The summed E-state index contributed by atoms with van der Waals surface area (Å²) in [7, 11) is 0. The van der Waals surface area contributed by atoms with Crippen LogP contribution in [0.4, 0.5) is 0 Å². The van der Waals surface area contributed by atoms with Gasteiger partial charge in [0.15, 0.2) is 0 Å². The van der Waals surface area contributed by atoms with Gasteiger partial charge in [-0.3, -0.25) is 0 Å². The van der Waals surface area contributed by atoms with Crippen LogP contribution in [0.15, 0.2) is 11.6 Å². The van der Waals surface area contributed by atoms with Crippen LogP contribution >= 0.6 is 0 Å². The van der Waals surface area contributed by atoms with Crippen LogP contribution in [-0.4, -0.2) is 6.29 Å². The van der Waals surface area contributed by atoms with Crippen LogP contribution in [0.5, 0.6) is 0 Å². The number of carbonyl (C=O) groups excluding carboxylic acids is 1. The molecule has 1 aliphatic rings. The number of rotatable bonds is 5. The van der Waals surface area contributed by atoms with Crippen LogP contribution in [0.25, 0.3) is 0 Å². The third-order valence-electron chi connectivity index (χ3n) is 3.65. The second-order valence-electron chi connectivity index (χ2n) is 5.25. The molecule has 1 saturated carbocycles. The molecule has 1 aliphatic carbocycles. The molecule has 15 heavy (non-hydrogen) atoms. The molecular weight excluding hydrogens is 184 g/mol. The van der Waals surface area contributed by atoms with Crippen LogP contribution in [0.1, 0.15) is 65.2 Å². The van der Waals surface area contributed by atoms with Crippen molar-refractivity contribution < 1.29 is 4.79 Å². The van der Waals surface area contributed by atoms with E-state index in [0.717, 1.165) is 19.1 Å². The molecule has 0 saturated heterocycles. The van der Waals surface area contributed by atoms with E-state index in [9.17, 15) is 4.79 Å². The fraction of sp³-hybridized carbons (Fsp3) is 0.786. The maximum absolute atomic E-state index is 10.5. The SMILES string of the molecule is CC(C)=CCC1(CCC=O)CCCCC1. The van der Waals surface area contributed by atoms with Crippen LogP contribution in [-0.2, 0) is 4.79 Å². The van der Waals surface area contributed by atoms with Crippen molar-refractivity contribution in [2.75, 3.05) is 0 Å². The summed E-state index contributed by atoms with van der Waals surface area (Å²) in [6.07, 6.45) is 13.2. The Kier molecular flexibility index (Phi) is 5.07.